The van der Waals surface area contributed by atoms with Crippen LogP contribution in [-0.4, -0.2) is 31.2 Å². The lowest BCUT2D eigenvalue weighted by molar-refractivity contribution is 0.414. The Hall–Kier alpha value is -3.74. The zero-order valence-electron chi connectivity index (χ0n) is 18.5. The third-order valence-electron chi connectivity index (χ3n) is 5.85. The summed E-state index contributed by atoms with van der Waals surface area (Å²) in [6.45, 7) is 4.69. The molecule has 5 aromatic rings. The Morgan fingerprint density at radius 1 is 0.938 bits per heavy atom. The number of hydrogen-bond acceptors (Lipinski definition) is 5. The summed E-state index contributed by atoms with van der Waals surface area (Å²) in [5.74, 6) is 1.41. The van der Waals surface area contributed by atoms with Crippen LogP contribution in [0.25, 0.3) is 38.9 Å². The molecule has 2 aromatic carbocycles. The van der Waals surface area contributed by atoms with Crippen molar-refractivity contribution in [3.63, 3.8) is 0 Å². The molecule has 0 fully saturated rings. The molecular formula is C25H25N5O2. The van der Waals surface area contributed by atoms with Gasteiger partial charge in [0.2, 0.25) is 0 Å². The van der Waals surface area contributed by atoms with Crippen LogP contribution in [0.3, 0.4) is 0 Å². The summed E-state index contributed by atoms with van der Waals surface area (Å²) >= 11 is 0. The van der Waals surface area contributed by atoms with Crippen molar-refractivity contribution in [3.8, 4) is 11.4 Å². The third-order valence-corrected chi connectivity index (χ3v) is 5.85. The van der Waals surface area contributed by atoms with Crippen LogP contribution >= 0.6 is 0 Å². The maximum Gasteiger partial charge on any atom is 0.265 e. The van der Waals surface area contributed by atoms with Gasteiger partial charge in [-0.1, -0.05) is 38.0 Å². The predicted molar refractivity (Wildman–Crippen MR) is 127 cm³/mol. The molecule has 0 saturated carbocycles. The highest BCUT2D eigenvalue weighted by Gasteiger charge is 2.22. The second kappa shape index (κ2) is 8.07. The van der Waals surface area contributed by atoms with Crippen LogP contribution in [0.1, 0.15) is 32.0 Å². The van der Waals surface area contributed by atoms with Gasteiger partial charge < -0.3 is 4.74 Å². The fraction of sp³-hybridized carbons (Fsp3) is 0.280. The predicted octanol–water partition coefficient (Wildman–Crippen LogP) is 4.79. The summed E-state index contributed by atoms with van der Waals surface area (Å²) in [7, 11) is 1.63. The van der Waals surface area contributed by atoms with Crippen molar-refractivity contribution in [2.75, 3.05) is 7.11 Å². The zero-order valence-corrected chi connectivity index (χ0v) is 18.5. The number of fused-ring (bicyclic) bond motifs is 4. The van der Waals surface area contributed by atoms with E-state index in [-0.39, 0.29) is 5.56 Å². The second-order valence-corrected chi connectivity index (χ2v) is 7.94. The van der Waals surface area contributed by atoms with Gasteiger partial charge in [-0.05, 0) is 37.6 Å². The van der Waals surface area contributed by atoms with Gasteiger partial charge in [0.1, 0.15) is 22.5 Å². The lowest BCUT2D eigenvalue weighted by Gasteiger charge is -2.11. The van der Waals surface area contributed by atoms with Crippen molar-refractivity contribution >= 4 is 33.2 Å². The van der Waals surface area contributed by atoms with E-state index in [0.29, 0.717) is 34.6 Å². The van der Waals surface area contributed by atoms with Crippen molar-refractivity contribution in [1.82, 2.24) is 24.1 Å². The largest absolute Gasteiger partial charge is 0.497 e. The van der Waals surface area contributed by atoms with E-state index >= 15 is 0 Å². The zero-order chi connectivity index (χ0) is 22.2. The number of methoxy groups -OCH3 is 1. The number of aromatic nitrogens is 5. The van der Waals surface area contributed by atoms with Gasteiger partial charge in [-0.15, -0.1) is 0 Å². The van der Waals surface area contributed by atoms with E-state index in [0.717, 1.165) is 41.7 Å². The molecule has 0 N–H and O–H groups in total. The van der Waals surface area contributed by atoms with Crippen molar-refractivity contribution < 1.29 is 4.74 Å². The molecule has 0 aliphatic heterocycles. The monoisotopic (exact) mass is 427 g/mol. The molecule has 3 aromatic heterocycles. The molecule has 0 radical (unpaired) electrons. The standard InChI is InChI=1S/C25H25N5O2/c1-4-5-8-14-29-16(2)26-23-21(25(29)31)22-24(28-20-13-7-6-12-19(20)27-22)30(23)17-10-9-11-18(15-17)32-3/h6-7,9-13,15H,4-5,8,14H2,1-3H3. The Kier molecular flexibility index (Phi) is 5.09. The summed E-state index contributed by atoms with van der Waals surface area (Å²) < 4.78 is 9.12. The fourth-order valence-electron chi connectivity index (χ4n) is 4.21. The topological polar surface area (TPSA) is 74.8 Å². The van der Waals surface area contributed by atoms with Gasteiger partial charge >= 0.3 is 0 Å². The molecule has 5 rings (SSSR count). The molecule has 162 valence electrons. The second-order valence-electron chi connectivity index (χ2n) is 7.94. The maximum atomic E-state index is 13.7. The molecule has 0 spiro atoms. The van der Waals surface area contributed by atoms with Gasteiger partial charge in [-0.25, -0.2) is 15.0 Å². The summed E-state index contributed by atoms with van der Waals surface area (Å²) in [4.78, 5) is 28.3. The number of aryl methyl sites for hydroxylation is 1. The molecule has 0 saturated heterocycles. The van der Waals surface area contributed by atoms with Crippen molar-refractivity contribution in [3.05, 3.63) is 64.7 Å². The molecule has 0 amide bonds. The Morgan fingerprint density at radius 2 is 1.72 bits per heavy atom. The molecule has 0 aliphatic carbocycles. The smallest absolute Gasteiger partial charge is 0.265 e. The summed E-state index contributed by atoms with van der Waals surface area (Å²) in [6.07, 6.45) is 3.10. The van der Waals surface area contributed by atoms with Gasteiger partial charge in [-0.2, -0.15) is 0 Å². The SMILES string of the molecule is CCCCCn1c(C)nc2c(c1=O)c1nc3ccccc3nc1n2-c1cccc(OC)c1. The van der Waals surface area contributed by atoms with Crippen molar-refractivity contribution in [2.45, 2.75) is 39.7 Å². The Balaban J connectivity index is 1.90. The summed E-state index contributed by atoms with van der Waals surface area (Å²) in [5, 5.41) is 0.503. The summed E-state index contributed by atoms with van der Waals surface area (Å²) in [6, 6.07) is 15.4. The highest BCUT2D eigenvalue weighted by Crippen LogP contribution is 2.30. The number of benzene rings is 2. The van der Waals surface area contributed by atoms with Gasteiger partial charge in [0, 0.05) is 12.6 Å². The molecule has 0 aliphatic rings. The van der Waals surface area contributed by atoms with Crippen LogP contribution in [0.5, 0.6) is 5.75 Å². The van der Waals surface area contributed by atoms with Crippen molar-refractivity contribution in [2.24, 2.45) is 0 Å². The number of hydrogen-bond donors (Lipinski definition) is 0. The average Bonchev–Trinajstić information content (AvgIpc) is 3.12. The van der Waals surface area contributed by atoms with Crippen molar-refractivity contribution in [1.29, 1.82) is 0 Å². The molecule has 0 unspecified atom stereocenters. The first-order valence-electron chi connectivity index (χ1n) is 10.9. The van der Waals surface area contributed by atoms with E-state index in [4.69, 9.17) is 19.7 Å². The Labute approximate surface area is 185 Å². The first-order chi connectivity index (χ1) is 15.6. The van der Waals surface area contributed by atoms with Gasteiger partial charge in [0.05, 0.1) is 23.8 Å². The van der Waals surface area contributed by atoms with Gasteiger partial charge in [0.25, 0.3) is 5.56 Å². The molecule has 0 bridgehead atoms. The fourth-order valence-corrected chi connectivity index (χ4v) is 4.21. The molecule has 7 heteroatoms. The van der Waals surface area contributed by atoms with Crippen LogP contribution < -0.4 is 10.3 Å². The van der Waals surface area contributed by atoms with Crippen LogP contribution in [0.15, 0.2) is 53.3 Å². The molecule has 0 atom stereocenters. The molecule has 7 nitrogen and oxygen atoms in total. The van der Waals surface area contributed by atoms with E-state index < -0.39 is 0 Å². The number of nitrogens with zero attached hydrogens (tertiary/aromatic N) is 5. The highest BCUT2D eigenvalue weighted by molar-refractivity contribution is 6.05. The minimum absolute atomic E-state index is 0.0696. The number of unbranched alkanes of at least 4 members (excludes halogenated alkanes) is 2. The first-order valence-corrected chi connectivity index (χ1v) is 10.9. The highest BCUT2D eigenvalue weighted by atomic mass is 16.5. The Bertz CT molecular complexity index is 1520. The third kappa shape index (κ3) is 3.21. The molecular weight excluding hydrogens is 402 g/mol. The lowest BCUT2D eigenvalue weighted by atomic mass is 10.2. The minimum Gasteiger partial charge on any atom is -0.497 e. The normalized spacial score (nSPS) is 11.6. The van der Waals surface area contributed by atoms with E-state index in [9.17, 15) is 4.79 Å². The minimum atomic E-state index is -0.0696. The average molecular weight is 428 g/mol. The summed E-state index contributed by atoms with van der Waals surface area (Å²) in [5.41, 5.74) is 4.03. The van der Waals surface area contributed by atoms with Gasteiger partial charge in [0.15, 0.2) is 11.3 Å². The van der Waals surface area contributed by atoms with Crippen LogP contribution in [0.4, 0.5) is 0 Å². The molecule has 3 heterocycles. The quantitative estimate of drug-likeness (QED) is 0.364. The molecule has 32 heavy (non-hydrogen) atoms. The van der Waals surface area contributed by atoms with E-state index in [1.807, 2.05) is 60.0 Å². The maximum absolute atomic E-state index is 13.7. The number of ether oxygens (including phenoxy) is 1. The van der Waals surface area contributed by atoms with Crippen LogP contribution in [-0.2, 0) is 6.54 Å². The number of para-hydroxylation sites is 2. The van der Waals surface area contributed by atoms with E-state index in [1.165, 1.54) is 0 Å². The Morgan fingerprint density at radius 3 is 2.47 bits per heavy atom. The lowest BCUT2D eigenvalue weighted by Crippen LogP contribution is -2.24. The van der Waals surface area contributed by atoms with Crippen LogP contribution in [0.2, 0.25) is 0 Å². The van der Waals surface area contributed by atoms with E-state index in [1.54, 1.807) is 11.7 Å². The number of rotatable bonds is 6. The van der Waals surface area contributed by atoms with E-state index in [2.05, 4.69) is 6.92 Å². The first kappa shape index (κ1) is 20.2. The van der Waals surface area contributed by atoms with Gasteiger partial charge in [-0.3, -0.25) is 13.9 Å². The van der Waals surface area contributed by atoms with Crippen LogP contribution in [0, 0.1) is 6.92 Å².